The van der Waals surface area contributed by atoms with Crippen LogP contribution in [0.2, 0.25) is 5.02 Å². The molecule has 0 bridgehead atoms. The van der Waals surface area contributed by atoms with Gasteiger partial charge in [0.2, 0.25) is 5.91 Å². The number of aliphatic carboxylic acids is 1. The summed E-state index contributed by atoms with van der Waals surface area (Å²) in [7, 11) is 0. The zero-order valence-corrected chi connectivity index (χ0v) is 22.3. The van der Waals surface area contributed by atoms with E-state index in [1.807, 2.05) is 19.1 Å². The van der Waals surface area contributed by atoms with Crippen LogP contribution in [0.15, 0.2) is 33.3 Å². The van der Waals surface area contributed by atoms with Crippen LogP contribution in [0.1, 0.15) is 93.2 Å². The normalized spacial score (nSPS) is 14.2. The van der Waals surface area contributed by atoms with Gasteiger partial charge in [-0.15, -0.1) is 0 Å². The molecular formula is C28H34ClN3O5. The zero-order valence-electron chi connectivity index (χ0n) is 21.6. The van der Waals surface area contributed by atoms with Crippen LogP contribution in [-0.2, 0) is 16.0 Å². The molecule has 8 nitrogen and oxygen atoms in total. The number of carboxylic acids is 1. The molecule has 1 amide bonds. The molecule has 0 radical (unpaired) electrons. The maximum atomic E-state index is 13.1. The van der Waals surface area contributed by atoms with Crippen molar-refractivity contribution in [3.63, 3.8) is 0 Å². The smallest absolute Gasteiger partial charge is 0.303 e. The predicted octanol–water partition coefficient (Wildman–Crippen LogP) is 7.12. The molecule has 4 rings (SSSR count). The first kappa shape index (κ1) is 26.9. The van der Waals surface area contributed by atoms with Gasteiger partial charge in [0.1, 0.15) is 5.76 Å². The zero-order chi connectivity index (χ0) is 26.5. The van der Waals surface area contributed by atoms with Crippen LogP contribution in [0.5, 0.6) is 0 Å². The predicted molar refractivity (Wildman–Crippen MR) is 141 cm³/mol. The van der Waals surface area contributed by atoms with E-state index >= 15 is 0 Å². The average Bonchev–Trinajstić information content (AvgIpc) is 3.39. The van der Waals surface area contributed by atoms with E-state index in [9.17, 15) is 9.59 Å². The van der Waals surface area contributed by atoms with Gasteiger partial charge in [-0.1, -0.05) is 41.8 Å². The summed E-state index contributed by atoms with van der Waals surface area (Å²) in [5.41, 5.74) is 3.82. The summed E-state index contributed by atoms with van der Waals surface area (Å²) in [4.78, 5) is 24.2. The van der Waals surface area contributed by atoms with Crippen molar-refractivity contribution in [1.82, 2.24) is 10.3 Å². The highest BCUT2D eigenvalue weighted by molar-refractivity contribution is 6.33. The van der Waals surface area contributed by atoms with Crippen LogP contribution < -0.4 is 5.32 Å². The SMILES string of the molecule is Cc1ccc(NC(=O)C[C@H](CCCC(=O)O)c2noc(-c3cc(CCC(C)C)on3)c2C2CC2)c(Cl)c1. The third kappa shape index (κ3) is 7.22. The van der Waals surface area contributed by atoms with Gasteiger partial charge in [0.25, 0.3) is 0 Å². The summed E-state index contributed by atoms with van der Waals surface area (Å²) < 4.78 is 11.4. The van der Waals surface area contributed by atoms with E-state index < -0.39 is 5.97 Å². The Morgan fingerprint density at radius 3 is 2.62 bits per heavy atom. The number of rotatable bonds is 13. The van der Waals surface area contributed by atoms with Crippen molar-refractivity contribution in [2.45, 2.75) is 84.0 Å². The Morgan fingerprint density at radius 2 is 1.95 bits per heavy atom. The highest BCUT2D eigenvalue weighted by Gasteiger charge is 2.37. The number of nitrogens with one attached hydrogen (secondary N) is 1. The van der Waals surface area contributed by atoms with Gasteiger partial charge in [0.05, 0.1) is 16.4 Å². The molecule has 198 valence electrons. The maximum Gasteiger partial charge on any atom is 0.303 e. The van der Waals surface area contributed by atoms with E-state index in [-0.39, 0.29) is 30.6 Å². The molecule has 0 aliphatic heterocycles. The van der Waals surface area contributed by atoms with Crippen LogP contribution in [-0.4, -0.2) is 27.3 Å². The number of benzene rings is 1. The molecule has 1 fully saturated rings. The van der Waals surface area contributed by atoms with E-state index in [2.05, 4.69) is 29.5 Å². The molecule has 1 aliphatic carbocycles. The van der Waals surface area contributed by atoms with Crippen LogP contribution in [0, 0.1) is 12.8 Å². The van der Waals surface area contributed by atoms with Gasteiger partial charge in [-0.3, -0.25) is 9.59 Å². The van der Waals surface area contributed by atoms with Gasteiger partial charge in [0.15, 0.2) is 11.5 Å². The topological polar surface area (TPSA) is 118 Å². The van der Waals surface area contributed by atoms with Crippen molar-refractivity contribution in [3.8, 4) is 11.5 Å². The third-order valence-electron chi connectivity index (χ3n) is 6.66. The Balaban J connectivity index is 1.58. The molecule has 2 aromatic heterocycles. The molecule has 2 heterocycles. The van der Waals surface area contributed by atoms with E-state index in [4.69, 9.17) is 25.8 Å². The molecule has 2 N–H and O–H groups in total. The molecule has 1 aromatic carbocycles. The van der Waals surface area contributed by atoms with Gasteiger partial charge in [-0.25, -0.2) is 0 Å². The number of hydrogen-bond donors (Lipinski definition) is 2. The summed E-state index contributed by atoms with van der Waals surface area (Å²) >= 11 is 6.31. The number of nitrogens with zero attached hydrogens (tertiary/aromatic N) is 2. The molecule has 9 heteroatoms. The molecule has 1 saturated carbocycles. The van der Waals surface area contributed by atoms with Gasteiger partial charge in [-0.2, -0.15) is 0 Å². The number of aromatic nitrogens is 2. The number of aryl methyl sites for hydroxylation is 2. The minimum Gasteiger partial charge on any atom is -0.481 e. The minimum absolute atomic E-state index is 0.0217. The average molecular weight is 528 g/mol. The van der Waals surface area contributed by atoms with E-state index in [0.29, 0.717) is 46.6 Å². The lowest BCUT2D eigenvalue weighted by atomic mass is 9.89. The molecule has 1 aliphatic rings. The van der Waals surface area contributed by atoms with Crippen LogP contribution >= 0.6 is 11.6 Å². The van der Waals surface area contributed by atoms with E-state index in [1.54, 1.807) is 12.1 Å². The number of carboxylic acid groups (broad SMARTS) is 1. The Morgan fingerprint density at radius 1 is 1.16 bits per heavy atom. The lowest BCUT2D eigenvalue weighted by Crippen LogP contribution is -2.17. The summed E-state index contributed by atoms with van der Waals surface area (Å²) in [6.45, 7) is 6.26. The van der Waals surface area contributed by atoms with Crippen molar-refractivity contribution < 1.29 is 23.7 Å². The molecule has 37 heavy (non-hydrogen) atoms. The van der Waals surface area contributed by atoms with Crippen LogP contribution in [0.4, 0.5) is 5.69 Å². The van der Waals surface area contributed by atoms with E-state index in [0.717, 1.165) is 42.6 Å². The molecule has 0 saturated heterocycles. The highest BCUT2D eigenvalue weighted by atomic mass is 35.5. The van der Waals surface area contributed by atoms with Crippen molar-refractivity contribution in [1.29, 1.82) is 0 Å². The van der Waals surface area contributed by atoms with E-state index in [1.165, 1.54) is 0 Å². The van der Waals surface area contributed by atoms with Gasteiger partial charge < -0.3 is 19.5 Å². The number of carbonyl (C=O) groups excluding carboxylic acids is 1. The lowest BCUT2D eigenvalue weighted by molar-refractivity contribution is -0.137. The van der Waals surface area contributed by atoms with Crippen LogP contribution in [0.3, 0.4) is 0 Å². The fraction of sp³-hybridized carbons (Fsp3) is 0.500. The number of anilines is 1. The third-order valence-corrected chi connectivity index (χ3v) is 6.97. The lowest BCUT2D eigenvalue weighted by Gasteiger charge is -2.16. The number of amides is 1. The first-order chi connectivity index (χ1) is 17.7. The van der Waals surface area contributed by atoms with Crippen LogP contribution in [0.25, 0.3) is 11.5 Å². The first-order valence-electron chi connectivity index (χ1n) is 12.9. The van der Waals surface area contributed by atoms with Crippen molar-refractivity contribution in [2.75, 3.05) is 5.32 Å². The second kappa shape index (κ2) is 11.9. The van der Waals surface area contributed by atoms with Crippen molar-refractivity contribution in [3.05, 3.63) is 51.9 Å². The highest BCUT2D eigenvalue weighted by Crippen LogP contribution is 2.48. The minimum atomic E-state index is -0.866. The Labute approximate surface area is 221 Å². The summed E-state index contributed by atoms with van der Waals surface area (Å²) in [5.74, 6) is 0.842. The van der Waals surface area contributed by atoms with Gasteiger partial charge in [0, 0.05) is 36.8 Å². The number of hydrogen-bond acceptors (Lipinski definition) is 6. The quantitative estimate of drug-likeness (QED) is 0.243. The summed E-state index contributed by atoms with van der Waals surface area (Å²) in [6.07, 6.45) is 4.88. The summed E-state index contributed by atoms with van der Waals surface area (Å²) in [6, 6.07) is 7.36. The first-order valence-corrected chi connectivity index (χ1v) is 13.3. The largest absolute Gasteiger partial charge is 0.481 e. The fourth-order valence-corrected chi connectivity index (χ4v) is 4.79. The maximum absolute atomic E-state index is 13.1. The van der Waals surface area contributed by atoms with Crippen molar-refractivity contribution in [2.24, 2.45) is 5.92 Å². The second-order valence-corrected chi connectivity index (χ2v) is 10.8. The standard InChI is InChI=1S/C28H34ClN3O5/c1-16(2)7-11-20-15-23(31-36-20)28-26(18-9-10-18)27(32-37-28)19(5-4-6-25(34)35)14-24(33)30-22-12-8-17(3)13-21(22)29/h8,12-13,15-16,18-19H,4-7,9-11,14H2,1-3H3,(H,30,33)(H,34,35)/t19-/m0/s1. The van der Waals surface area contributed by atoms with Crippen molar-refractivity contribution >= 4 is 29.2 Å². The monoisotopic (exact) mass is 527 g/mol. The fourth-order valence-electron chi connectivity index (χ4n) is 4.51. The Bertz CT molecular complexity index is 1240. The molecular weight excluding hydrogens is 494 g/mol. The second-order valence-electron chi connectivity index (χ2n) is 10.4. The van der Waals surface area contributed by atoms with Gasteiger partial charge >= 0.3 is 5.97 Å². The molecule has 0 unspecified atom stereocenters. The van der Waals surface area contributed by atoms with Gasteiger partial charge in [-0.05, 0) is 68.6 Å². The Hall–Kier alpha value is -3.13. The molecule has 3 aromatic rings. The molecule has 0 spiro atoms. The Kier molecular flexibility index (Phi) is 8.69. The number of halogens is 1. The molecule has 1 atom stereocenters. The summed E-state index contributed by atoms with van der Waals surface area (Å²) in [5, 5.41) is 21.2. The number of carbonyl (C=O) groups is 2.